The van der Waals surface area contributed by atoms with Crippen molar-refractivity contribution in [2.75, 3.05) is 20.3 Å². The van der Waals surface area contributed by atoms with Gasteiger partial charge in [-0.1, -0.05) is 29.8 Å². The minimum atomic E-state index is -0.660. The smallest absolute Gasteiger partial charge is 0.427 e. The summed E-state index contributed by atoms with van der Waals surface area (Å²) in [4.78, 5) is 11.0. The average molecular weight is 349 g/mol. The van der Waals surface area contributed by atoms with Crippen LogP contribution < -0.4 is 14.9 Å². The Morgan fingerprint density at radius 1 is 1.17 bits per heavy atom. The second-order valence-electron chi connectivity index (χ2n) is 4.55. The van der Waals surface area contributed by atoms with Gasteiger partial charge < -0.3 is 14.2 Å². The van der Waals surface area contributed by atoms with Crippen LogP contribution in [0.3, 0.4) is 0 Å². The summed E-state index contributed by atoms with van der Waals surface area (Å²) in [6.07, 6.45) is 0.767. The summed E-state index contributed by atoms with van der Waals surface area (Å²) < 4.78 is 15.7. The molecule has 0 unspecified atom stereocenters. The lowest BCUT2D eigenvalue weighted by molar-refractivity contribution is 0.171. The molecule has 7 heteroatoms. The van der Waals surface area contributed by atoms with E-state index in [-0.39, 0.29) is 0 Å². The number of amides is 1. The van der Waals surface area contributed by atoms with Gasteiger partial charge in [0.15, 0.2) is 0 Å². The van der Waals surface area contributed by atoms with Gasteiger partial charge in [0, 0.05) is 10.6 Å². The molecule has 0 aromatic heterocycles. The highest BCUT2D eigenvalue weighted by Gasteiger charge is 2.04. The summed E-state index contributed by atoms with van der Waals surface area (Å²) in [5.41, 5.74) is 2.82. The Hall–Kier alpha value is -2.73. The van der Waals surface area contributed by atoms with Gasteiger partial charge in [-0.2, -0.15) is 5.10 Å². The van der Waals surface area contributed by atoms with Gasteiger partial charge in [0.05, 0.1) is 13.3 Å². The van der Waals surface area contributed by atoms with Crippen molar-refractivity contribution in [1.82, 2.24) is 5.43 Å². The van der Waals surface area contributed by atoms with Gasteiger partial charge in [-0.15, -0.1) is 0 Å². The first-order valence-electron chi connectivity index (χ1n) is 7.16. The molecule has 0 saturated carbocycles. The van der Waals surface area contributed by atoms with Crippen LogP contribution in [-0.4, -0.2) is 32.6 Å². The standard InChI is InChI=1S/C17H17ClN2O4/c1-22-17(21)20-19-12-13-11-14(18)7-8-16(13)24-10-9-23-15-5-3-2-4-6-15/h2-8,11-12H,9-10H2,1H3,(H,20,21)/b19-12+. The second-order valence-corrected chi connectivity index (χ2v) is 4.99. The highest BCUT2D eigenvalue weighted by Crippen LogP contribution is 2.21. The van der Waals surface area contributed by atoms with E-state index in [2.05, 4.69) is 15.3 Å². The minimum Gasteiger partial charge on any atom is -0.490 e. The van der Waals surface area contributed by atoms with Gasteiger partial charge in [0.2, 0.25) is 0 Å². The summed E-state index contributed by atoms with van der Waals surface area (Å²) in [5, 5.41) is 4.30. The maximum atomic E-state index is 11.0. The number of nitrogens with one attached hydrogen (secondary N) is 1. The molecule has 1 N–H and O–H groups in total. The van der Waals surface area contributed by atoms with E-state index in [1.54, 1.807) is 18.2 Å². The van der Waals surface area contributed by atoms with Crippen molar-refractivity contribution in [2.24, 2.45) is 5.10 Å². The van der Waals surface area contributed by atoms with E-state index in [4.69, 9.17) is 21.1 Å². The van der Waals surface area contributed by atoms with E-state index in [0.29, 0.717) is 29.5 Å². The van der Waals surface area contributed by atoms with Crippen LogP contribution in [0.4, 0.5) is 4.79 Å². The van der Waals surface area contributed by atoms with Crippen molar-refractivity contribution in [3.63, 3.8) is 0 Å². The number of para-hydroxylation sites is 1. The molecular formula is C17H17ClN2O4. The zero-order valence-electron chi connectivity index (χ0n) is 13.1. The number of halogens is 1. The van der Waals surface area contributed by atoms with E-state index in [1.165, 1.54) is 13.3 Å². The summed E-state index contributed by atoms with van der Waals surface area (Å²) >= 11 is 5.97. The molecule has 2 rings (SSSR count). The van der Waals surface area contributed by atoms with Gasteiger partial charge in [-0.25, -0.2) is 10.2 Å². The summed E-state index contributed by atoms with van der Waals surface area (Å²) in [6, 6.07) is 14.6. The van der Waals surface area contributed by atoms with Crippen molar-refractivity contribution in [2.45, 2.75) is 0 Å². The zero-order valence-corrected chi connectivity index (χ0v) is 13.8. The molecule has 6 nitrogen and oxygen atoms in total. The summed E-state index contributed by atoms with van der Waals surface area (Å²) in [6.45, 7) is 0.741. The highest BCUT2D eigenvalue weighted by atomic mass is 35.5. The van der Waals surface area contributed by atoms with Crippen LogP contribution >= 0.6 is 11.6 Å². The van der Waals surface area contributed by atoms with Crippen LogP contribution in [0, 0.1) is 0 Å². The van der Waals surface area contributed by atoms with Crippen molar-refractivity contribution in [1.29, 1.82) is 0 Å². The van der Waals surface area contributed by atoms with Crippen LogP contribution in [0.15, 0.2) is 53.6 Å². The van der Waals surface area contributed by atoms with E-state index in [0.717, 1.165) is 5.75 Å². The SMILES string of the molecule is COC(=O)N/N=C/c1cc(Cl)ccc1OCCOc1ccccc1. The number of hydrogen-bond donors (Lipinski definition) is 1. The third-order valence-corrected chi connectivity index (χ3v) is 3.10. The van der Waals surface area contributed by atoms with E-state index >= 15 is 0 Å². The first-order chi connectivity index (χ1) is 11.7. The number of methoxy groups -OCH3 is 1. The fourth-order valence-electron chi connectivity index (χ4n) is 1.78. The molecule has 0 spiro atoms. The number of hydrogen-bond acceptors (Lipinski definition) is 5. The second kappa shape index (κ2) is 9.42. The molecule has 1 amide bonds. The van der Waals surface area contributed by atoms with Gasteiger partial charge in [-0.05, 0) is 30.3 Å². The topological polar surface area (TPSA) is 69.2 Å². The van der Waals surface area contributed by atoms with Crippen LogP contribution in [0.2, 0.25) is 5.02 Å². The number of ether oxygens (including phenoxy) is 3. The van der Waals surface area contributed by atoms with Crippen LogP contribution in [0.5, 0.6) is 11.5 Å². The monoisotopic (exact) mass is 348 g/mol. The maximum Gasteiger partial charge on any atom is 0.427 e. The fourth-order valence-corrected chi connectivity index (χ4v) is 1.96. The van der Waals surface area contributed by atoms with Gasteiger partial charge in [0.25, 0.3) is 0 Å². The third kappa shape index (κ3) is 5.81. The molecule has 0 radical (unpaired) electrons. The van der Waals surface area contributed by atoms with E-state index in [9.17, 15) is 4.79 Å². The van der Waals surface area contributed by atoms with Crippen LogP contribution in [0.25, 0.3) is 0 Å². The third-order valence-electron chi connectivity index (χ3n) is 2.87. The Labute approximate surface area is 145 Å². The van der Waals surface area contributed by atoms with Crippen molar-refractivity contribution < 1.29 is 19.0 Å². The first kappa shape index (κ1) is 17.6. The summed E-state index contributed by atoms with van der Waals surface area (Å²) in [5.74, 6) is 1.35. The zero-order chi connectivity index (χ0) is 17.2. The predicted octanol–water partition coefficient (Wildman–Crippen LogP) is 3.49. The lowest BCUT2D eigenvalue weighted by Gasteiger charge is -2.10. The molecule has 0 aliphatic heterocycles. The fraction of sp³-hybridized carbons (Fsp3) is 0.176. The predicted molar refractivity (Wildman–Crippen MR) is 92.0 cm³/mol. The van der Waals surface area contributed by atoms with E-state index < -0.39 is 6.09 Å². The van der Waals surface area contributed by atoms with Crippen molar-refractivity contribution in [3.05, 3.63) is 59.1 Å². The molecule has 24 heavy (non-hydrogen) atoms. The van der Waals surface area contributed by atoms with Crippen molar-refractivity contribution in [3.8, 4) is 11.5 Å². The Balaban J connectivity index is 1.90. The molecular weight excluding hydrogens is 332 g/mol. The van der Waals surface area contributed by atoms with Gasteiger partial charge >= 0.3 is 6.09 Å². The Kier molecular flexibility index (Phi) is 6.91. The number of rotatable bonds is 7. The number of hydrazone groups is 1. The van der Waals surface area contributed by atoms with Crippen LogP contribution in [-0.2, 0) is 4.74 Å². The van der Waals surface area contributed by atoms with Crippen LogP contribution in [0.1, 0.15) is 5.56 Å². The van der Waals surface area contributed by atoms with Gasteiger partial charge in [0.1, 0.15) is 24.7 Å². The first-order valence-corrected chi connectivity index (χ1v) is 7.54. The lowest BCUT2D eigenvalue weighted by atomic mass is 10.2. The molecule has 0 bridgehead atoms. The molecule has 0 heterocycles. The molecule has 0 atom stereocenters. The molecule has 0 saturated heterocycles. The normalized spacial score (nSPS) is 10.4. The number of carbonyl (C=O) groups is 1. The van der Waals surface area contributed by atoms with Crippen molar-refractivity contribution >= 4 is 23.9 Å². The molecule has 2 aromatic carbocycles. The largest absolute Gasteiger partial charge is 0.490 e. The lowest BCUT2D eigenvalue weighted by Crippen LogP contribution is -2.17. The molecule has 0 aliphatic rings. The molecule has 126 valence electrons. The quantitative estimate of drug-likeness (QED) is 0.472. The Morgan fingerprint density at radius 2 is 1.92 bits per heavy atom. The maximum absolute atomic E-state index is 11.0. The Bertz CT molecular complexity index is 692. The Morgan fingerprint density at radius 3 is 2.67 bits per heavy atom. The average Bonchev–Trinajstić information content (AvgIpc) is 2.61. The molecule has 2 aromatic rings. The number of benzene rings is 2. The molecule has 0 aliphatic carbocycles. The van der Waals surface area contributed by atoms with Gasteiger partial charge in [-0.3, -0.25) is 0 Å². The summed E-state index contributed by atoms with van der Waals surface area (Å²) in [7, 11) is 1.26. The molecule has 0 fully saturated rings. The van der Waals surface area contributed by atoms with E-state index in [1.807, 2.05) is 30.3 Å². The number of nitrogens with zero attached hydrogens (tertiary/aromatic N) is 1. The highest BCUT2D eigenvalue weighted by molar-refractivity contribution is 6.30. The number of carbonyl (C=O) groups excluding carboxylic acids is 1. The minimum absolute atomic E-state index is 0.349.